The third-order valence-corrected chi connectivity index (χ3v) is 3.27. The van der Waals surface area contributed by atoms with Crippen LogP contribution in [0.5, 0.6) is 0 Å². The zero-order valence-electron chi connectivity index (χ0n) is 11.4. The number of rotatable bonds is 6. The molecule has 0 aliphatic heterocycles. The van der Waals surface area contributed by atoms with Crippen LogP contribution >= 0.6 is 0 Å². The Labute approximate surface area is 109 Å². The highest BCUT2D eigenvalue weighted by atomic mass is 15.1. The van der Waals surface area contributed by atoms with Gasteiger partial charge in [-0.25, -0.2) is 4.98 Å². The van der Waals surface area contributed by atoms with Crippen molar-refractivity contribution in [1.29, 1.82) is 0 Å². The van der Waals surface area contributed by atoms with Crippen LogP contribution in [0.2, 0.25) is 0 Å². The smallest absolute Gasteiger partial charge is 0.128 e. The number of hydrogen-bond donors (Lipinski definition) is 1. The quantitative estimate of drug-likeness (QED) is 0.849. The summed E-state index contributed by atoms with van der Waals surface area (Å²) in [5, 5.41) is 3.45. The summed E-state index contributed by atoms with van der Waals surface area (Å²) in [7, 11) is 0. The van der Waals surface area contributed by atoms with Crippen LogP contribution in [0.3, 0.4) is 0 Å². The van der Waals surface area contributed by atoms with Crippen LogP contribution < -0.4 is 5.32 Å². The molecule has 4 nitrogen and oxygen atoms in total. The normalized spacial score (nSPS) is 12.8. The Kier molecular flexibility index (Phi) is 4.20. The molecule has 98 valence electrons. The second-order valence-electron chi connectivity index (χ2n) is 4.47. The lowest BCUT2D eigenvalue weighted by atomic mass is 10.2. The molecule has 1 atom stereocenters. The standard InChI is InChI=1S/C14H22N4/c1-4-15-12(3)13-7-6-9-18(13)11-14-16-8-10-17(14)5-2/h6-10,12,15H,4-5,11H2,1-3H3. The second-order valence-corrected chi connectivity index (χ2v) is 4.47. The summed E-state index contributed by atoms with van der Waals surface area (Å²) < 4.78 is 4.45. The Morgan fingerprint density at radius 3 is 2.83 bits per heavy atom. The predicted molar refractivity (Wildman–Crippen MR) is 73.5 cm³/mol. The van der Waals surface area contributed by atoms with Gasteiger partial charge in [-0.3, -0.25) is 0 Å². The second kappa shape index (κ2) is 5.87. The van der Waals surface area contributed by atoms with E-state index >= 15 is 0 Å². The van der Waals surface area contributed by atoms with E-state index in [1.54, 1.807) is 0 Å². The van der Waals surface area contributed by atoms with E-state index in [-0.39, 0.29) is 0 Å². The lowest BCUT2D eigenvalue weighted by molar-refractivity contribution is 0.542. The van der Waals surface area contributed by atoms with E-state index in [1.807, 2.05) is 12.4 Å². The predicted octanol–water partition coefficient (Wildman–Crippen LogP) is 2.42. The first kappa shape index (κ1) is 12.9. The topological polar surface area (TPSA) is 34.8 Å². The van der Waals surface area contributed by atoms with Gasteiger partial charge in [0.15, 0.2) is 0 Å². The number of aromatic nitrogens is 3. The van der Waals surface area contributed by atoms with Gasteiger partial charge in [0, 0.05) is 36.9 Å². The van der Waals surface area contributed by atoms with Crippen LogP contribution in [-0.2, 0) is 13.1 Å². The number of nitrogens with one attached hydrogen (secondary N) is 1. The molecule has 18 heavy (non-hydrogen) atoms. The van der Waals surface area contributed by atoms with Gasteiger partial charge in [0.05, 0.1) is 6.54 Å². The van der Waals surface area contributed by atoms with Crippen molar-refractivity contribution in [2.75, 3.05) is 6.54 Å². The van der Waals surface area contributed by atoms with E-state index in [0.717, 1.165) is 25.5 Å². The van der Waals surface area contributed by atoms with E-state index in [9.17, 15) is 0 Å². The molecule has 1 N–H and O–H groups in total. The van der Waals surface area contributed by atoms with Crippen molar-refractivity contribution in [2.24, 2.45) is 0 Å². The summed E-state index contributed by atoms with van der Waals surface area (Å²) in [6.45, 7) is 9.25. The highest BCUT2D eigenvalue weighted by Gasteiger charge is 2.10. The van der Waals surface area contributed by atoms with Crippen molar-refractivity contribution >= 4 is 0 Å². The molecular weight excluding hydrogens is 224 g/mol. The van der Waals surface area contributed by atoms with Gasteiger partial charge in [-0.15, -0.1) is 0 Å². The van der Waals surface area contributed by atoms with E-state index in [4.69, 9.17) is 0 Å². The minimum absolute atomic E-state index is 0.370. The van der Waals surface area contributed by atoms with Gasteiger partial charge >= 0.3 is 0 Å². The first-order valence-electron chi connectivity index (χ1n) is 6.64. The molecule has 0 aliphatic carbocycles. The lowest BCUT2D eigenvalue weighted by Crippen LogP contribution is -2.21. The van der Waals surface area contributed by atoms with E-state index in [0.29, 0.717) is 6.04 Å². The molecule has 0 saturated carbocycles. The number of imidazole rings is 1. The molecule has 0 aromatic carbocycles. The van der Waals surface area contributed by atoms with Crippen LogP contribution in [0, 0.1) is 0 Å². The zero-order valence-corrected chi connectivity index (χ0v) is 11.4. The van der Waals surface area contributed by atoms with Crippen molar-refractivity contribution in [3.63, 3.8) is 0 Å². The number of hydrogen-bond acceptors (Lipinski definition) is 2. The zero-order chi connectivity index (χ0) is 13.0. The summed E-state index contributed by atoms with van der Waals surface area (Å²) in [5.41, 5.74) is 1.31. The fourth-order valence-electron chi connectivity index (χ4n) is 2.31. The molecule has 2 aromatic heterocycles. The number of aryl methyl sites for hydroxylation is 1. The lowest BCUT2D eigenvalue weighted by Gasteiger charge is -2.16. The van der Waals surface area contributed by atoms with Crippen LogP contribution in [0.25, 0.3) is 0 Å². The maximum atomic E-state index is 4.43. The maximum Gasteiger partial charge on any atom is 0.128 e. The first-order chi connectivity index (χ1) is 8.76. The van der Waals surface area contributed by atoms with Crippen molar-refractivity contribution in [1.82, 2.24) is 19.4 Å². The third kappa shape index (κ3) is 2.64. The SMILES string of the molecule is CCNC(C)c1cccn1Cc1nccn1CC. The monoisotopic (exact) mass is 246 g/mol. The van der Waals surface area contributed by atoms with Gasteiger partial charge in [0.2, 0.25) is 0 Å². The van der Waals surface area contributed by atoms with Crippen LogP contribution in [0.1, 0.15) is 38.3 Å². The Morgan fingerprint density at radius 2 is 2.11 bits per heavy atom. The van der Waals surface area contributed by atoms with Gasteiger partial charge < -0.3 is 14.5 Å². The molecule has 0 spiro atoms. The van der Waals surface area contributed by atoms with Gasteiger partial charge in [-0.2, -0.15) is 0 Å². The van der Waals surface area contributed by atoms with E-state index < -0.39 is 0 Å². The largest absolute Gasteiger partial charge is 0.342 e. The minimum Gasteiger partial charge on any atom is -0.342 e. The molecule has 2 rings (SSSR count). The molecule has 0 radical (unpaired) electrons. The molecule has 0 saturated heterocycles. The molecule has 1 unspecified atom stereocenters. The minimum atomic E-state index is 0.370. The number of nitrogens with zero attached hydrogens (tertiary/aromatic N) is 3. The average molecular weight is 246 g/mol. The van der Waals surface area contributed by atoms with Crippen LogP contribution in [0.15, 0.2) is 30.7 Å². The first-order valence-corrected chi connectivity index (χ1v) is 6.64. The van der Waals surface area contributed by atoms with Gasteiger partial charge in [-0.05, 0) is 32.5 Å². The Morgan fingerprint density at radius 1 is 1.28 bits per heavy atom. The van der Waals surface area contributed by atoms with Crippen molar-refractivity contribution in [3.8, 4) is 0 Å². The molecule has 4 heteroatoms. The Bertz CT molecular complexity index is 483. The summed E-state index contributed by atoms with van der Waals surface area (Å²) in [4.78, 5) is 4.43. The Hall–Kier alpha value is -1.55. The van der Waals surface area contributed by atoms with E-state index in [2.05, 4.69) is 58.5 Å². The fraction of sp³-hybridized carbons (Fsp3) is 0.500. The van der Waals surface area contributed by atoms with E-state index in [1.165, 1.54) is 5.69 Å². The van der Waals surface area contributed by atoms with Gasteiger partial charge in [-0.1, -0.05) is 6.92 Å². The molecule has 0 aliphatic rings. The summed E-state index contributed by atoms with van der Waals surface area (Å²) in [6.07, 6.45) is 6.03. The maximum absolute atomic E-state index is 4.43. The molecule has 2 heterocycles. The van der Waals surface area contributed by atoms with Crippen molar-refractivity contribution < 1.29 is 0 Å². The van der Waals surface area contributed by atoms with Crippen molar-refractivity contribution in [3.05, 3.63) is 42.2 Å². The molecule has 2 aromatic rings. The molecule has 0 amide bonds. The van der Waals surface area contributed by atoms with Crippen molar-refractivity contribution in [2.45, 2.75) is 39.9 Å². The highest BCUT2D eigenvalue weighted by Crippen LogP contribution is 2.14. The molecular formula is C14H22N4. The average Bonchev–Trinajstić information content (AvgIpc) is 2.98. The van der Waals surface area contributed by atoms with Crippen LogP contribution in [-0.4, -0.2) is 20.7 Å². The molecule has 0 fully saturated rings. The summed E-state index contributed by atoms with van der Waals surface area (Å²) in [6, 6.07) is 4.64. The highest BCUT2D eigenvalue weighted by molar-refractivity contribution is 5.13. The third-order valence-electron chi connectivity index (χ3n) is 3.27. The van der Waals surface area contributed by atoms with Gasteiger partial charge in [0.25, 0.3) is 0 Å². The fourth-order valence-corrected chi connectivity index (χ4v) is 2.31. The summed E-state index contributed by atoms with van der Waals surface area (Å²) >= 11 is 0. The Balaban J connectivity index is 2.17. The van der Waals surface area contributed by atoms with Gasteiger partial charge in [0.1, 0.15) is 5.82 Å². The van der Waals surface area contributed by atoms with Crippen LogP contribution in [0.4, 0.5) is 0 Å². The molecule has 0 bridgehead atoms. The summed E-state index contributed by atoms with van der Waals surface area (Å²) in [5.74, 6) is 1.11.